The zero-order valence-corrected chi connectivity index (χ0v) is 7.50. The molecule has 0 unspecified atom stereocenters. The molecule has 0 spiro atoms. The lowest BCUT2D eigenvalue weighted by molar-refractivity contribution is 0.499. The van der Waals surface area contributed by atoms with Gasteiger partial charge in [-0.3, -0.25) is 0 Å². The monoisotopic (exact) mass is 321 g/mol. The zero-order valence-electron chi connectivity index (χ0n) is 3.19. The first-order chi connectivity index (χ1) is 3.29. The van der Waals surface area contributed by atoms with Gasteiger partial charge in [0.05, 0.1) is 6.20 Å². The van der Waals surface area contributed by atoms with Crippen molar-refractivity contribution in [1.82, 2.24) is 4.98 Å². The fraction of sp³-hybridized carbons (Fsp3) is 0. The fourth-order valence-corrected chi connectivity index (χ4v) is 1.38. The van der Waals surface area contributed by atoms with Crippen LogP contribution in [-0.2, 0) is 0 Å². The van der Waals surface area contributed by atoms with Crippen molar-refractivity contribution in [3.63, 3.8) is 0 Å². The molecule has 0 aliphatic rings. The van der Waals surface area contributed by atoms with Gasteiger partial charge in [0.1, 0.15) is 0 Å². The van der Waals surface area contributed by atoms with E-state index in [1.54, 1.807) is 6.20 Å². The van der Waals surface area contributed by atoms with Crippen molar-refractivity contribution in [3.05, 3.63) is 13.9 Å². The number of hydrogen-bond donors (Lipinski definition) is 0. The van der Waals surface area contributed by atoms with Gasteiger partial charge in [0.25, 0.3) is 3.90 Å². The summed E-state index contributed by atoms with van der Waals surface area (Å²) in [4.78, 5) is 3.83. The van der Waals surface area contributed by atoms with Crippen LogP contribution in [0.25, 0.3) is 0 Å². The van der Waals surface area contributed by atoms with Crippen LogP contribution in [0.2, 0.25) is 0 Å². The average Bonchev–Trinajstić information content (AvgIpc) is 1.87. The molecule has 0 fully saturated rings. The second-order valence-corrected chi connectivity index (χ2v) is 2.90. The van der Waals surface area contributed by atoms with Gasteiger partial charge in [0.2, 0.25) is 0 Å². The largest absolute Gasteiger partial charge is 0.426 e. The van der Waals surface area contributed by atoms with Crippen LogP contribution in [0.1, 0.15) is 0 Å². The Bertz CT molecular complexity index is 145. The van der Waals surface area contributed by atoms with Crippen molar-refractivity contribution >= 4 is 45.2 Å². The molecule has 0 bridgehead atoms. The molecule has 0 aromatic carbocycles. The Labute approximate surface area is 68.0 Å². The summed E-state index contributed by atoms with van der Waals surface area (Å²) in [6, 6.07) is 0. The molecule has 1 rings (SSSR count). The predicted molar refractivity (Wildman–Crippen MR) is 41.9 cm³/mol. The molecule has 1 aromatic rings. The molecule has 0 saturated carbocycles. The molecule has 1 heterocycles. The lowest BCUT2D eigenvalue weighted by Gasteiger charge is -1.69. The van der Waals surface area contributed by atoms with Gasteiger partial charge in [-0.05, 0) is 0 Å². The van der Waals surface area contributed by atoms with Gasteiger partial charge in [0.15, 0.2) is 3.77 Å². The van der Waals surface area contributed by atoms with E-state index in [-0.39, 0.29) is 0 Å². The van der Waals surface area contributed by atoms with Gasteiger partial charge in [0, 0.05) is 45.2 Å². The van der Waals surface area contributed by atoms with Crippen molar-refractivity contribution in [3.8, 4) is 0 Å². The van der Waals surface area contributed by atoms with E-state index < -0.39 is 0 Å². The molecule has 0 aliphatic heterocycles. The summed E-state index contributed by atoms with van der Waals surface area (Å²) < 4.78 is 6.48. The highest BCUT2D eigenvalue weighted by molar-refractivity contribution is 14.1. The third-order valence-corrected chi connectivity index (χ3v) is 1.45. The maximum absolute atomic E-state index is 4.95. The minimum atomic E-state index is 0.696. The SMILES string of the molecule is Ic1cnc(I)o1. The molecule has 0 atom stereocenters. The van der Waals surface area contributed by atoms with Gasteiger partial charge in [-0.2, -0.15) is 0 Å². The number of aromatic nitrogens is 1. The first kappa shape index (κ1) is 5.80. The molecule has 0 N–H and O–H groups in total. The smallest absolute Gasteiger partial charge is 0.258 e. The van der Waals surface area contributed by atoms with Crippen LogP contribution < -0.4 is 0 Å². The molecule has 1 aromatic heterocycles. The molecule has 2 nitrogen and oxygen atoms in total. The molecule has 0 saturated heterocycles. The van der Waals surface area contributed by atoms with E-state index in [4.69, 9.17) is 4.42 Å². The lowest BCUT2D eigenvalue weighted by atomic mass is 11.0. The molecular formula is C3HI2NO. The fourth-order valence-electron chi connectivity index (χ4n) is 0.235. The Kier molecular flexibility index (Phi) is 1.90. The Hall–Kier alpha value is 0.670. The first-order valence-corrected chi connectivity index (χ1v) is 3.71. The summed E-state index contributed by atoms with van der Waals surface area (Å²) in [6.07, 6.45) is 1.68. The number of hydrogen-bond acceptors (Lipinski definition) is 2. The van der Waals surface area contributed by atoms with Crippen molar-refractivity contribution in [1.29, 1.82) is 0 Å². The second kappa shape index (κ2) is 2.29. The maximum Gasteiger partial charge on any atom is 0.258 e. The standard InChI is InChI=1S/C3HI2NO/c4-2-1-6-3(5)7-2/h1H. The van der Waals surface area contributed by atoms with Crippen LogP contribution in [0.4, 0.5) is 0 Å². The van der Waals surface area contributed by atoms with Crippen LogP contribution in [0.15, 0.2) is 10.6 Å². The van der Waals surface area contributed by atoms with E-state index in [0.29, 0.717) is 3.90 Å². The average molecular weight is 321 g/mol. The summed E-state index contributed by atoms with van der Waals surface area (Å²) in [5, 5.41) is 0. The van der Waals surface area contributed by atoms with E-state index in [1.165, 1.54) is 0 Å². The van der Waals surface area contributed by atoms with Crippen molar-refractivity contribution in [2.24, 2.45) is 0 Å². The molecule has 4 heteroatoms. The Balaban J connectivity index is 3.04. The van der Waals surface area contributed by atoms with E-state index in [2.05, 4.69) is 27.6 Å². The number of rotatable bonds is 0. The molecular weight excluding hydrogens is 320 g/mol. The normalized spacial score (nSPS) is 9.43. The molecule has 38 valence electrons. The van der Waals surface area contributed by atoms with Crippen LogP contribution in [0.3, 0.4) is 0 Å². The molecule has 7 heavy (non-hydrogen) atoms. The van der Waals surface area contributed by atoms with Crippen LogP contribution in [0, 0.1) is 7.66 Å². The highest BCUT2D eigenvalue weighted by atomic mass is 127. The van der Waals surface area contributed by atoms with Gasteiger partial charge < -0.3 is 4.42 Å². The summed E-state index contributed by atoms with van der Waals surface area (Å²) in [5.74, 6) is 0. The maximum atomic E-state index is 4.95. The summed E-state index contributed by atoms with van der Waals surface area (Å²) in [6.45, 7) is 0. The van der Waals surface area contributed by atoms with E-state index >= 15 is 0 Å². The van der Waals surface area contributed by atoms with Crippen molar-refractivity contribution in [2.75, 3.05) is 0 Å². The molecule has 0 radical (unpaired) electrons. The van der Waals surface area contributed by atoms with Gasteiger partial charge in [-0.15, -0.1) is 0 Å². The topological polar surface area (TPSA) is 26.0 Å². The summed E-state index contributed by atoms with van der Waals surface area (Å²) in [5.41, 5.74) is 0. The highest BCUT2D eigenvalue weighted by Gasteiger charge is 1.91. The van der Waals surface area contributed by atoms with E-state index in [1.807, 2.05) is 22.6 Å². The Morgan fingerprint density at radius 1 is 1.57 bits per heavy atom. The first-order valence-electron chi connectivity index (χ1n) is 1.56. The minimum absolute atomic E-state index is 0.696. The number of halogens is 2. The summed E-state index contributed by atoms with van der Waals surface area (Å²) >= 11 is 4.08. The van der Waals surface area contributed by atoms with E-state index in [0.717, 1.165) is 3.77 Å². The Morgan fingerprint density at radius 3 is 2.43 bits per heavy atom. The predicted octanol–water partition coefficient (Wildman–Crippen LogP) is 1.88. The van der Waals surface area contributed by atoms with Crippen molar-refractivity contribution in [2.45, 2.75) is 0 Å². The third kappa shape index (κ3) is 1.56. The van der Waals surface area contributed by atoms with Gasteiger partial charge >= 0.3 is 0 Å². The zero-order chi connectivity index (χ0) is 5.28. The van der Waals surface area contributed by atoms with Crippen molar-refractivity contribution < 1.29 is 4.42 Å². The lowest BCUT2D eigenvalue weighted by Crippen LogP contribution is -1.57. The number of oxazole rings is 1. The minimum Gasteiger partial charge on any atom is -0.426 e. The van der Waals surface area contributed by atoms with Crippen LogP contribution >= 0.6 is 45.2 Å². The molecule has 0 aliphatic carbocycles. The van der Waals surface area contributed by atoms with Crippen LogP contribution in [0.5, 0.6) is 0 Å². The third-order valence-electron chi connectivity index (χ3n) is 0.449. The van der Waals surface area contributed by atoms with Crippen LogP contribution in [-0.4, -0.2) is 4.98 Å². The van der Waals surface area contributed by atoms with E-state index in [9.17, 15) is 0 Å². The van der Waals surface area contributed by atoms with Gasteiger partial charge in [-0.1, -0.05) is 0 Å². The quantitative estimate of drug-likeness (QED) is 0.682. The summed E-state index contributed by atoms with van der Waals surface area (Å²) in [7, 11) is 0. The van der Waals surface area contributed by atoms with Gasteiger partial charge in [-0.25, -0.2) is 4.98 Å². The number of nitrogens with zero attached hydrogens (tertiary/aromatic N) is 1. The molecule has 0 amide bonds. The Morgan fingerprint density at radius 2 is 2.29 bits per heavy atom. The second-order valence-electron chi connectivity index (χ2n) is 0.917. The highest BCUT2D eigenvalue weighted by Crippen LogP contribution is 2.07.